The predicted molar refractivity (Wildman–Crippen MR) is 106 cm³/mol. The Morgan fingerprint density at radius 3 is 2.67 bits per heavy atom. The zero-order valence-electron chi connectivity index (χ0n) is 15.7. The third-order valence-electron chi connectivity index (χ3n) is 4.91. The maximum atomic E-state index is 12.5. The van der Waals surface area contributed by atoms with Gasteiger partial charge in [-0.05, 0) is 55.3 Å². The zero-order valence-corrected chi connectivity index (χ0v) is 16.5. The summed E-state index contributed by atoms with van der Waals surface area (Å²) in [4.78, 5) is 14.7. The molecule has 1 heterocycles. The first-order chi connectivity index (χ1) is 13.1. The van der Waals surface area contributed by atoms with Gasteiger partial charge in [-0.25, -0.2) is 0 Å². The lowest BCUT2D eigenvalue weighted by atomic mass is 10.0. The molecule has 5 nitrogen and oxygen atoms in total. The molecule has 1 atom stereocenters. The van der Waals surface area contributed by atoms with Gasteiger partial charge < -0.3 is 14.8 Å². The SMILES string of the molecule is COc1ccc(OC)c(C2CCCN2CC(=O)NCc2ccc(Cl)cc2)c1. The topological polar surface area (TPSA) is 50.8 Å². The number of nitrogens with one attached hydrogen (secondary N) is 1. The molecule has 27 heavy (non-hydrogen) atoms. The van der Waals surface area contributed by atoms with Crippen LogP contribution >= 0.6 is 11.6 Å². The molecule has 6 heteroatoms. The molecule has 0 spiro atoms. The van der Waals surface area contributed by atoms with Crippen LogP contribution in [0.15, 0.2) is 42.5 Å². The normalized spacial score (nSPS) is 16.9. The van der Waals surface area contributed by atoms with Crippen molar-refractivity contribution in [1.29, 1.82) is 0 Å². The molecule has 1 saturated heterocycles. The molecule has 1 aliphatic heterocycles. The number of amides is 1. The average Bonchev–Trinajstić information content (AvgIpc) is 3.14. The highest BCUT2D eigenvalue weighted by molar-refractivity contribution is 6.30. The number of methoxy groups -OCH3 is 2. The molecule has 0 radical (unpaired) electrons. The number of likely N-dealkylation sites (tertiary alicyclic amines) is 1. The summed E-state index contributed by atoms with van der Waals surface area (Å²) in [6, 6.07) is 13.5. The highest BCUT2D eigenvalue weighted by Gasteiger charge is 2.30. The number of halogens is 1. The lowest BCUT2D eigenvalue weighted by molar-refractivity contribution is -0.122. The van der Waals surface area contributed by atoms with Crippen LogP contribution in [-0.4, -0.2) is 38.1 Å². The van der Waals surface area contributed by atoms with E-state index in [4.69, 9.17) is 21.1 Å². The number of rotatable bonds is 7. The first kappa shape index (κ1) is 19.5. The Morgan fingerprint density at radius 2 is 1.96 bits per heavy atom. The summed E-state index contributed by atoms with van der Waals surface area (Å²) in [7, 11) is 3.33. The van der Waals surface area contributed by atoms with Crippen molar-refractivity contribution in [2.75, 3.05) is 27.3 Å². The van der Waals surface area contributed by atoms with E-state index in [0.29, 0.717) is 18.1 Å². The van der Waals surface area contributed by atoms with E-state index in [1.54, 1.807) is 14.2 Å². The number of carbonyl (C=O) groups is 1. The smallest absolute Gasteiger partial charge is 0.234 e. The number of carbonyl (C=O) groups excluding carboxylic acids is 1. The quantitative estimate of drug-likeness (QED) is 0.783. The van der Waals surface area contributed by atoms with E-state index in [1.165, 1.54) is 0 Å². The second-order valence-electron chi connectivity index (χ2n) is 6.64. The highest BCUT2D eigenvalue weighted by atomic mass is 35.5. The Kier molecular flexibility index (Phi) is 6.58. The standard InChI is InChI=1S/C21H25ClN2O3/c1-26-17-9-10-20(27-2)18(12-17)19-4-3-11-24(19)14-21(25)23-13-15-5-7-16(22)8-6-15/h5-10,12,19H,3-4,11,13-14H2,1-2H3,(H,23,25). The van der Waals surface area contributed by atoms with E-state index in [9.17, 15) is 4.79 Å². The van der Waals surface area contributed by atoms with Crippen LogP contribution in [0.4, 0.5) is 0 Å². The lowest BCUT2D eigenvalue weighted by Crippen LogP contribution is -2.36. The van der Waals surface area contributed by atoms with E-state index in [0.717, 1.165) is 42.0 Å². The average molecular weight is 389 g/mol. The molecule has 0 saturated carbocycles. The van der Waals surface area contributed by atoms with Gasteiger partial charge in [0, 0.05) is 23.2 Å². The number of hydrogen-bond donors (Lipinski definition) is 1. The van der Waals surface area contributed by atoms with Crippen LogP contribution in [0.1, 0.15) is 30.0 Å². The van der Waals surface area contributed by atoms with Crippen LogP contribution in [0.25, 0.3) is 0 Å². The Balaban J connectivity index is 1.64. The molecule has 144 valence electrons. The van der Waals surface area contributed by atoms with Crippen molar-refractivity contribution in [3.8, 4) is 11.5 Å². The van der Waals surface area contributed by atoms with E-state index in [2.05, 4.69) is 10.2 Å². The second kappa shape index (κ2) is 9.11. The molecule has 0 aliphatic carbocycles. The summed E-state index contributed by atoms with van der Waals surface area (Å²) in [5.74, 6) is 1.64. The minimum absolute atomic E-state index is 0.0127. The summed E-state index contributed by atoms with van der Waals surface area (Å²) >= 11 is 5.90. The van der Waals surface area contributed by atoms with Crippen LogP contribution in [0, 0.1) is 0 Å². The molecule has 0 bridgehead atoms. The van der Waals surface area contributed by atoms with Crippen molar-refractivity contribution in [3.63, 3.8) is 0 Å². The molecule has 1 unspecified atom stereocenters. The summed E-state index contributed by atoms with van der Waals surface area (Å²) in [6.07, 6.45) is 2.05. The summed E-state index contributed by atoms with van der Waals surface area (Å²) < 4.78 is 10.9. The molecule has 1 aliphatic rings. The molecule has 2 aromatic carbocycles. The highest BCUT2D eigenvalue weighted by Crippen LogP contribution is 2.38. The third-order valence-corrected chi connectivity index (χ3v) is 5.16. The van der Waals surface area contributed by atoms with Crippen molar-refractivity contribution in [2.45, 2.75) is 25.4 Å². The van der Waals surface area contributed by atoms with Crippen LogP contribution < -0.4 is 14.8 Å². The maximum absolute atomic E-state index is 12.5. The third kappa shape index (κ3) is 4.93. The summed E-state index contributed by atoms with van der Waals surface area (Å²) in [6.45, 7) is 1.75. The van der Waals surface area contributed by atoms with Gasteiger partial charge in [0.05, 0.1) is 20.8 Å². The molecule has 3 rings (SSSR count). The van der Waals surface area contributed by atoms with Gasteiger partial charge in [-0.15, -0.1) is 0 Å². The first-order valence-corrected chi connectivity index (χ1v) is 9.45. The van der Waals surface area contributed by atoms with Gasteiger partial charge in [0.2, 0.25) is 5.91 Å². The van der Waals surface area contributed by atoms with E-state index < -0.39 is 0 Å². The Labute approximate surface area is 165 Å². The fourth-order valence-corrected chi connectivity index (χ4v) is 3.64. The van der Waals surface area contributed by atoms with Crippen LogP contribution in [-0.2, 0) is 11.3 Å². The monoisotopic (exact) mass is 388 g/mol. The fraction of sp³-hybridized carbons (Fsp3) is 0.381. The van der Waals surface area contributed by atoms with Crippen molar-refractivity contribution < 1.29 is 14.3 Å². The Bertz CT molecular complexity index is 779. The van der Waals surface area contributed by atoms with E-state index in [1.807, 2.05) is 42.5 Å². The summed E-state index contributed by atoms with van der Waals surface area (Å²) in [5.41, 5.74) is 2.10. The Morgan fingerprint density at radius 1 is 1.19 bits per heavy atom. The molecule has 1 amide bonds. The molecule has 0 aromatic heterocycles. The number of hydrogen-bond acceptors (Lipinski definition) is 4. The van der Waals surface area contributed by atoms with Crippen LogP contribution in [0.2, 0.25) is 5.02 Å². The Hall–Kier alpha value is -2.24. The largest absolute Gasteiger partial charge is 0.497 e. The van der Waals surface area contributed by atoms with Gasteiger partial charge in [0.25, 0.3) is 0 Å². The van der Waals surface area contributed by atoms with Crippen molar-refractivity contribution in [2.24, 2.45) is 0 Å². The van der Waals surface area contributed by atoms with Crippen molar-refractivity contribution >= 4 is 17.5 Å². The lowest BCUT2D eigenvalue weighted by Gasteiger charge is -2.26. The molecular weight excluding hydrogens is 364 g/mol. The second-order valence-corrected chi connectivity index (χ2v) is 7.08. The molecule has 1 fully saturated rings. The predicted octanol–water partition coefficient (Wildman–Crippen LogP) is 3.81. The van der Waals surface area contributed by atoms with E-state index in [-0.39, 0.29) is 11.9 Å². The summed E-state index contributed by atoms with van der Waals surface area (Å²) in [5, 5.41) is 3.68. The first-order valence-electron chi connectivity index (χ1n) is 9.08. The number of ether oxygens (including phenoxy) is 2. The van der Waals surface area contributed by atoms with Crippen molar-refractivity contribution in [1.82, 2.24) is 10.2 Å². The fourth-order valence-electron chi connectivity index (χ4n) is 3.51. The van der Waals surface area contributed by atoms with Gasteiger partial charge in [-0.2, -0.15) is 0 Å². The van der Waals surface area contributed by atoms with E-state index >= 15 is 0 Å². The van der Waals surface area contributed by atoms with Gasteiger partial charge in [-0.1, -0.05) is 23.7 Å². The van der Waals surface area contributed by atoms with Gasteiger partial charge in [0.15, 0.2) is 0 Å². The minimum Gasteiger partial charge on any atom is -0.497 e. The van der Waals surface area contributed by atoms with Crippen molar-refractivity contribution in [3.05, 3.63) is 58.6 Å². The number of benzene rings is 2. The molecular formula is C21H25ClN2O3. The van der Waals surface area contributed by atoms with Crippen LogP contribution in [0.3, 0.4) is 0 Å². The van der Waals surface area contributed by atoms with Gasteiger partial charge >= 0.3 is 0 Å². The maximum Gasteiger partial charge on any atom is 0.234 e. The van der Waals surface area contributed by atoms with Crippen LogP contribution in [0.5, 0.6) is 11.5 Å². The number of nitrogens with zero attached hydrogens (tertiary/aromatic N) is 1. The molecule has 1 N–H and O–H groups in total. The van der Waals surface area contributed by atoms with Gasteiger partial charge in [-0.3, -0.25) is 9.69 Å². The minimum atomic E-state index is 0.0127. The molecule has 2 aromatic rings. The zero-order chi connectivity index (χ0) is 19.2. The van der Waals surface area contributed by atoms with Gasteiger partial charge in [0.1, 0.15) is 11.5 Å².